The van der Waals surface area contributed by atoms with E-state index in [1.807, 2.05) is 0 Å². The van der Waals surface area contributed by atoms with Crippen molar-refractivity contribution in [1.29, 1.82) is 0 Å². The Labute approximate surface area is 123 Å². The van der Waals surface area contributed by atoms with Gasteiger partial charge in [0.25, 0.3) is 0 Å². The van der Waals surface area contributed by atoms with Crippen molar-refractivity contribution in [2.45, 2.75) is 62.6 Å². The standard InChI is InChI=1S/C13H16F4N2O3/c14-6-1-2-12(5-6,13(15,16)17)10(20)19-8-3-7-4-9(8)22-11(21)18-7/h6-9H,1-5H2,(H,18,21)(H,19,20)/t6-,7-,8-,9-,12+/m1/s1. The van der Waals surface area contributed by atoms with Gasteiger partial charge >= 0.3 is 12.3 Å². The molecule has 0 aromatic heterocycles. The van der Waals surface area contributed by atoms with Crippen molar-refractivity contribution in [3.05, 3.63) is 0 Å². The highest BCUT2D eigenvalue weighted by Gasteiger charge is 2.64. The van der Waals surface area contributed by atoms with Gasteiger partial charge in [0, 0.05) is 18.9 Å². The van der Waals surface area contributed by atoms with E-state index in [2.05, 4.69) is 10.6 Å². The van der Waals surface area contributed by atoms with Gasteiger partial charge in [0.1, 0.15) is 17.7 Å². The average Bonchev–Trinajstić information content (AvgIpc) is 2.91. The molecule has 3 rings (SSSR count). The second-order valence-corrected chi connectivity index (χ2v) is 6.26. The Hall–Kier alpha value is -1.54. The van der Waals surface area contributed by atoms with Crippen LogP contribution in [0.15, 0.2) is 0 Å². The van der Waals surface area contributed by atoms with Crippen molar-refractivity contribution in [2.75, 3.05) is 0 Å². The summed E-state index contributed by atoms with van der Waals surface area (Å²) in [4.78, 5) is 23.4. The minimum atomic E-state index is -4.81. The van der Waals surface area contributed by atoms with Crippen LogP contribution in [0.25, 0.3) is 0 Å². The van der Waals surface area contributed by atoms with E-state index >= 15 is 0 Å². The Balaban J connectivity index is 1.74. The van der Waals surface area contributed by atoms with Gasteiger partial charge in [-0.3, -0.25) is 4.79 Å². The van der Waals surface area contributed by atoms with Crippen molar-refractivity contribution in [3.8, 4) is 0 Å². The number of alkyl halides is 4. The lowest BCUT2D eigenvalue weighted by atomic mass is 9.83. The third-order valence-corrected chi connectivity index (χ3v) is 4.83. The zero-order valence-corrected chi connectivity index (χ0v) is 11.6. The largest absolute Gasteiger partial charge is 0.444 e. The van der Waals surface area contributed by atoms with E-state index in [0.29, 0.717) is 12.8 Å². The van der Waals surface area contributed by atoms with Crippen molar-refractivity contribution in [3.63, 3.8) is 0 Å². The molecule has 0 unspecified atom stereocenters. The molecule has 2 bridgehead atoms. The molecule has 3 fully saturated rings. The van der Waals surface area contributed by atoms with Crippen molar-refractivity contribution in [2.24, 2.45) is 5.41 Å². The first kappa shape index (κ1) is 15.4. The summed E-state index contributed by atoms with van der Waals surface area (Å²) in [6.07, 6.45) is -8.61. The number of carbonyl (C=O) groups is 2. The van der Waals surface area contributed by atoms with Crippen LogP contribution in [0.3, 0.4) is 0 Å². The molecule has 1 heterocycles. The lowest BCUT2D eigenvalue weighted by Gasteiger charge is -2.32. The molecule has 22 heavy (non-hydrogen) atoms. The minimum Gasteiger partial charge on any atom is -0.444 e. The van der Waals surface area contributed by atoms with Gasteiger partial charge in [0.2, 0.25) is 5.91 Å². The minimum absolute atomic E-state index is 0.212. The maximum atomic E-state index is 13.3. The molecule has 2 N–H and O–H groups in total. The summed E-state index contributed by atoms with van der Waals surface area (Å²) in [5.41, 5.74) is -2.68. The van der Waals surface area contributed by atoms with Crippen LogP contribution in [-0.2, 0) is 9.53 Å². The SMILES string of the molecule is O=C1N[C@@H]2C[C@@H](NC(=O)[C@]3(C(F)(F)F)CC[C@@H](F)C3)[C@@H](C2)O1. The second-order valence-electron chi connectivity index (χ2n) is 6.26. The molecular formula is C13H16F4N2O3. The fourth-order valence-corrected chi connectivity index (χ4v) is 3.62. The second kappa shape index (κ2) is 4.99. The Bertz CT molecular complexity index is 498. The molecule has 0 radical (unpaired) electrons. The number of alkyl carbamates (subject to hydrolysis) is 1. The van der Waals surface area contributed by atoms with E-state index in [-0.39, 0.29) is 12.5 Å². The Morgan fingerprint density at radius 3 is 2.68 bits per heavy atom. The predicted octanol–water partition coefficient (Wildman–Crippen LogP) is 1.81. The van der Waals surface area contributed by atoms with E-state index in [0.717, 1.165) is 0 Å². The summed E-state index contributed by atoms with van der Waals surface area (Å²) >= 11 is 0. The highest BCUT2D eigenvalue weighted by Crippen LogP contribution is 2.51. The molecule has 2 saturated carbocycles. The van der Waals surface area contributed by atoms with Gasteiger partial charge in [-0.15, -0.1) is 0 Å². The summed E-state index contributed by atoms with van der Waals surface area (Å²) in [5, 5.41) is 4.87. The number of nitrogens with one attached hydrogen (secondary N) is 2. The molecule has 0 aromatic rings. The van der Waals surface area contributed by atoms with Crippen LogP contribution >= 0.6 is 0 Å². The first-order valence-electron chi connectivity index (χ1n) is 7.20. The van der Waals surface area contributed by atoms with Crippen molar-refractivity contribution < 1.29 is 31.9 Å². The van der Waals surface area contributed by atoms with Gasteiger partial charge in [0.05, 0.1) is 6.04 Å². The monoisotopic (exact) mass is 324 g/mol. The molecule has 1 aliphatic heterocycles. The van der Waals surface area contributed by atoms with Gasteiger partial charge in [-0.25, -0.2) is 9.18 Å². The molecule has 9 heteroatoms. The fraction of sp³-hybridized carbons (Fsp3) is 0.846. The molecule has 2 amide bonds. The molecule has 3 aliphatic rings. The van der Waals surface area contributed by atoms with Gasteiger partial charge < -0.3 is 15.4 Å². The molecular weight excluding hydrogens is 308 g/mol. The van der Waals surface area contributed by atoms with E-state index in [4.69, 9.17) is 4.74 Å². The molecule has 5 atom stereocenters. The van der Waals surface area contributed by atoms with Crippen molar-refractivity contribution in [1.82, 2.24) is 10.6 Å². The lowest BCUT2D eigenvalue weighted by Crippen LogP contribution is -2.53. The Morgan fingerprint density at radius 2 is 2.09 bits per heavy atom. The number of amides is 2. The predicted molar refractivity (Wildman–Crippen MR) is 65.6 cm³/mol. The Kier molecular flexibility index (Phi) is 3.48. The zero-order valence-electron chi connectivity index (χ0n) is 11.6. The van der Waals surface area contributed by atoms with Crippen LogP contribution in [0, 0.1) is 5.41 Å². The van der Waals surface area contributed by atoms with Crippen LogP contribution in [0.1, 0.15) is 32.1 Å². The van der Waals surface area contributed by atoms with Crippen LogP contribution in [-0.4, -0.2) is 42.5 Å². The van der Waals surface area contributed by atoms with Crippen LogP contribution in [0.5, 0.6) is 0 Å². The third-order valence-electron chi connectivity index (χ3n) is 4.83. The van der Waals surface area contributed by atoms with Gasteiger partial charge in [0.15, 0.2) is 0 Å². The first-order chi connectivity index (χ1) is 10.2. The summed E-state index contributed by atoms with van der Waals surface area (Å²) in [6.45, 7) is 0. The normalized spacial score (nSPS) is 41.0. The molecule has 124 valence electrons. The maximum Gasteiger partial charge on any atom is 0.407 e. The van der Waals surface area contributed by atoms with Gasteiger partial charge in [-0.1, -0.05) is 0 Å². The molecule has 2 aliphatic carbocycles. The summed E-state index contributed by atoms with van der Waals surface area (Å²) in [7, 11) is 0. The van der Waals surface area contributed by atoms with Crippen LogP contribution < -0.4 is 10.6 Å². The zero-order chi connectivity index (χ0) is 16.1. The van der Waals surface area contributed by atoms with Gasteiger partial charge in [-0.05, 0) is 19.3 Å². The number of hydrogen-bond donors (Lipinski definition) is 2. The molecule has 0 aromatic carbocycles. The first-order valence-corrected chi connectivity index (χ1v) is 7.20. The number of fused-ring (bicyclic) bond motifs is 2. The highest BCUT2D eigenvalue weighted by molar-refractivity contribution is 5.84. The Morgan fingerprint density at radius 1 is 1.36 bits per heavy atom. The smallest absolute Gasteiger partial charge is 0.407 e. The van der Waals surface area contributed by atoms with E-state index in [9.17, 15) is 27.2 Å². The van der Waals surface area contributed by atoms with Crippen molar-refractivity contribution >= 4 is 12.0 Å². The number of carbonyl (C=O) groups excluding carboxylic acids is 2. The molecule has 5 nitrogen and oxygen atoms in total. The number of halogens is 4. The van der Waals surface area contributed by atoms with Gasteiger partial charge in [-0.2, -0.15) is 13.2 Å². The maximum absolute atomic E-state index is 13.3. The third kappa shape index (κ3) is 2.40. The van der Waals surface area contributed by atoms with E-state index in [1.165, 1.54) is 0 Å². The number of ether oxygens (including phenoxy) is 1. The fourth-order valence-electron chi connectivity index (χ4n) is 3.62. The molecule has 1 saturated heterocycles. The highest BCUT2D eigenvalue weighted by atomic mass is 19.4. The molecule has 0 spiro atoms. The number of hydrogen-bond acceptors (Lipinski definition) is 3. The quantitative estimate of drug-likeness (QED) is 0.761. The van der Waals surface area contributed by atoms with Crippen LogP contribution in [0.2, 0.25) is 0 Å². The summed E-state index contributed by atoms with van der Waals surface area (Å²) < 4.78 is 58.3. The lowest BCUT2D eigenvalue weighted by molar-refractivity contribution is -0.221. The average molecular weight is 324 g/mol. The topological polar surface area (TPSA) is 67.4 Å². The summed E-state index contributed by atoms with van der Waals surface area (Å²) in [6, 6.07) is -0.884. The van der Waals surface area contributed by atoms with E-state index in [1.54, 1.807) is 0 Å². The summed E-state index contributed by atoms with van der Waals surface area (Å²) in [5.74, 6) is -1.21. The van der Waals surface area contributed by atoms with Crippen LogP contribution in [0.4, 0.5) is 22.4 Å². The number of rotatable bonds is 2. The van der Waals surface area contributed by atoms with E-state index < -0.39 is 54.8 Å².